The molecule has 0 aliphatic heterocycles. The van der Waals surface area contributed by atoms with Gasteiger partial charge in [-0.2, -0.15) is 0 Å². The van der Waals surface area contributed by atoms with E-state index in [-0.39, 0.29) is 11.8 Å². The van der Waals surface area contributed by atoms with Crippen molar-refractivity contribution < 1.29 is 14.3 Å². The molecule has 2 N–H and O–H groups in total. The van der Waals surface area contributed by atoms with E-state index in [1.165, 1.54) is 5.56 Å². The molecule has 1 aromatic carbocycles. The maximum Gasteiger partial charge on any atom is 0.224 e. The molecule has 5 heteroatoms. The summed E-state index contributed by atoms with van der Waals surface area (Å²) in [5, 5.41) is 5.96. The van der Waals surface area contributed by atoms with Gasteiger partial charge in [0.25, 0.3) is 0 Å². The van der Waals surface area contributed by atoms with Crippen molar-refractivity contribution >= 4 is 5.91 Å². The van der Waals surface area contributed by atoms with Crippen molar-refractivity contribution in [2.45, 2.75) is 19.8 Å². The quantitative estimate of drug-likeness (QED) is 0.679. The lowest BCUT2D eigenvalue weighted by Gasteiger charge is -2.12. The SMILES string of the molecule is CNCC(C)C(=O)NCCCc1ccc(OC)c(OC)c1. The number of amides is 1. The number of carbonyl (C=O) groups excluding carboxylic acids is 1. The van der Waals surface area contributed by atoms with Gasteiger partial charge in [-0.3, -0.25) is 4.79 Å². The highest BCUT2D eigenvalue weighted by Gasteiger charge is 2.10. The molecular weight excluding hydrogens is 268 g/mol. The predicted octanol–water partition coefficient (Wildman–Crippen LogP) is 1.61. The Balaban J connectivity index is 2.37. The summed E-state index contributed by atoms with van der Waals surface area (Å²) in [7, 11) is 5.10. The molecule has 0 fully saturated rings. The van der Waals surface area contributed by atoms with Gasteiger partial charge < -0.3 is 20.1 Å². The van der Waals surface area contributed by atoms with Gasteiger partial charge in [-0.1, -0.05) is 13.0 Å². The highest BCUT2D eigenvalue weighted by atomic mass is 16.5. The van der Waals surface area contributed by atoms with E-state index < -0.39 is 0 Å². The van der Waals surface area contributed by atoms with Gasteiger partial charge in [0.2, 0.25) is 5.91 Å². The van der Waals surface area contributed by atoms with Crippen LogP contribution in [0.1, 0.15) is 18.9 Å². The zero-order valence-electron chi connectivity index (χ0n) is 13.4. The Kier molecular flexibility index (Phi) is 7.61. The summed E-state index contributed by atoms with van der Waals surface area (Å²) in [6, 6.07) is 5.90. The van der Waals surface area contributed by atoms with Gasteiger partial charge >= 0.3 is 0 Å². The van der Waals surface area contributed by atoms with Crippen molar-refractivity contribution in [1.82, 2.24) is 10.6 Å². The van der Waals surface area contributed by atoms with E-state index in [2.05, 4.69) is 10.6 Å². The molecule has 118 valence electrons. The zero-order chi connectivity index (χ0) is 15.7. The number of hydrogen-bond donors (Lipinski definition) is 2. The maximum atomic E-state index is 11.7. The molecule has 0 saturated heterocycles. The number of carbonyl (C=O) groups is 1. The predicted molar refractivity (Wildman–Crippen MR) is 84.0 cm³/mol. The molecule has 21 heavy (non-hydrogen) atoms. The van der Waals surface area contributed by atoms with Crippen molar-refractivity contribution in [2.24, 2.45) is 5.92 Å². The van der Waals surface area contributed by atoms with E-state index in [1.807, 2.05) is 32.2 Å². The van der Waals surface area contributed by atoms with E-state index >= 15 is 0 Å². The third-order valence-electron chi connectivity index (χ3n) is 3.35. The van der Waals surface area contributed by atoms with Crippen molar-refractivity contribution in [1.29, 1.82) is 0 Å². The van der Waals surface area contributed by atoms with Gasteiger partial charge in [-0.25, -0.2) is 0 Å². The standard InChI is InChI=1S/C16H26N2O3/c1-12(11-17-2)16(19)18-9-5-6-13-7-8-14(20-3)15(10-13)21-4/h7-8,10,12,17H,5-6,9,11H2,1-4H3,(H,18,19). The van der Waals surface area contributed by atoms with Crippen molar-refractivity contribution in [3.05, 3.63) is 23.8 Å². The topological polar surface area (TPSA) is 59.6 Å². The van der Waals surface area contributed by atoms with Crippen LogP contribution in [0.2, 0.25) is 0 Å². The van der Waals surface area contributed by atoms with Crippen LogP contribution in [0.4, 0.5) is 0 Å². The molecule has 1 amide bonds. The molecular formula is C16H26N2O3. The first kappa shape index (κ1) is 17.3. The van der Waals surface area contributed by atoms with Crippen molar-refractivity contribution in [3.8, 4) is 11.5 Å². The van der Waals surface area contributed by atoms with Gasteiger partial charge in [0.1, 0.15) is 0 Å². The van der Waals surface area contributed by atoms with E-state index in [0.717, 1.165) is 24.3 Å². The van der Waals surface area contributed by atoms with Crippen molar-refractivity contribution in [3.63, 3.8) is 0 Å². The van der Waals surface area contributed by atoms with Crippen molar-refractivity contribution in [2.75, 3.05) is 34.4 Å². The fourth-order valence-corrected chi connectivity index (χ4v) is 2.11. The number of rotatable bonds is 9. The summed E-state index contributed by atoms with van der Waals surface area (Å²) in [6.07, 6.45) is 1.79. The lowest BCUT2D eigenvalue weighted by molar-refractivity contribution is -0.124. The second-order valence-electron chi connectivity index (χ2n) is 5.04. The summed E-state index contributed by atoms with van der Waals surface area (Å²) >= 11 is 0. The largest absolute Gasteiger partial charge is 0.493 e. The molecule has 0 spiro atoms. The minimum atomic E-state index is -0.00363. The number of ether oxygens (including phenoxy) is 2. The highest BCUT2D eigenvalue weighted by Crippen LogP contribution is 2.27. The monoisotopic (exact) mass is 294 g/mol. The Morgan fingerprint density at radius 1 is 1.24 bits per heavy atom. The molecule has 0 bridgehead atoms. The number of methoxy groups -OCH3 is 2. The van der Waals surface area contributed by atoms with E-state index in [1.54, 1.807) is 14.2 Å². The van der Waals surface area contributed by atoms with Crippen LogP contribution < -0.4 is 20.1 Å². The lowest BCUT2D eigenvalue weighted by atomic mass is 10.1. The fraction of sp³-hybridized carbons (Fsp3) is 0.562. The molecule has 0 aromatic heterocycles. The first-order valence-electron chi connectivity index (χ1n) is 7.25. The molecule has 1 aromatic rings. The number of hydrogen-bond acceptors (Lipinski definition) is 4. The van der Waals surface area contributed by atoms with Gasteiger partial charge in [0.05, 0.1) is 14.2 Å². The molecule has 1 rings (SSSR count). The number of nitrogens with one attached hydrogen (secondary N) is 2. The summed E-state index contributed by atoms with van der Waals surface area (Å²) in [4.78, 5) is 11.7. The highest BCUT2D eigenvalue weighted by molar-refractivity contribution is 5.78. The Morgan fingerprint density at radius 3 is 2.57 bits per heavy atom. The van der Waals surface area contributed by atoms with Crippen LogP contribution in [-0.2, 0) is 11.2 Å². The Labute approximate surface area is 127 Å². The Morgan fingerprint density at radius 2 is 1.95 bits per heavy atom. The average Bonchev–Trinajstić information content (AvgIpc) is 2.51. The van der Waals surface area contributed by atoms with Gasteiger partial charge in [-0.05, 0) is 37.6 Å². The Bertz CT molecular complexity index is 449. The summed E-state index contributed by atoms with van der Waals surface area (Å²) in [5.74, 6) is 1.56. The van der Waals surface area contributed by atoms with Crippen LogP contribution >= 0.6 is 0 Å². The van der Waals surface area contributed by atoms with Crippen LogP contribution in [0.5, 0.6) is 11.5 Å². The van der Waals surface area contributed by atoms with Gasteiger partial charge in [0.15, 0.2) is 11.5 Å². The summed E-state index contributed by atoms with van der Waals surface area (Å²) in [6.45, 7) is 3.29. The third kappa shape index (κ3) is 5.63. The van der Waals surface area contributed by atoms with Crippen LogP contribution in [0.25, 0.3) is 0 Å². The molecule has 0 radical (unpaired) electrons. The van der Waals surface area contributed by atoms with Crippen LogP contribution in [0.15, 0.2) is 18.2 Å². The second-order valence-corrected chi connectivity index (χ2v) is 5.04. The second kappa shape index (κ2) is 9.23. The van der Waals surface area contributed by atoms with E-state index in [4.69, 9.17) is 9.47 Å². The number of aryl methyl sites for hydroxylation is 1. The van der Waals surface area contributed by atoms with E-state index in [0.29, 0.717) is 13.1 Å². The summed E-state index contributed by atoms with van der Waals surface area (Å²) < 4.78 is 10.5. The Hall–Kier alpha value is -1.75. The van der Waals surface area contributed by atoms with Crippen LogP contribution in [0, 0.1) is 5.92 Å². The minimum Gasteiger partial charge on any atom is -0.493 e. The average molecular weight is 294 g/mol. The zero-order valence-corrected chi connectivity index (χ0v) is 13.4. The van der Waals surface area contributed by atoms with Gasteiger partial charge in [-0.15, -0.1) is 0 Å². The normalized spacial score (nSPS) is 11.8. The third-order valence-corrected chi connectivity index (χ3v) is 3.35. The van der Waals surface area contributed by atoms with Crippen LogP contribution in [-0.4, -0.2) is 40.3 Å². The molecule has 0 aliphatic rings. The smallest absolute Gasteiger partial charge is 0.224 e. The molecule has 1 atom stereocenters. The first-order valence-corrected chi connectivity index (χ1v) is 7.25. The fourth-order valence-electron chi connectivity index (χ4n) is 2.11. The minimum absolute atomic E-state index is 0.00363. The molecule has 1 unspecified atom stereocenters. The van der Waals surface area contributed by atoms with E-state index in [9.17, 15) is 4.79 Å². The molecule has 0 aliphatic carbocycles. The molecule has 0 heterocycles. The molecule has 5 nitrogen and oxygen atoms in total. The maximum absolute atomic E-state index is 11.7. The number of benzene rings is 1. The summed E-state index contributed by atoms with van der Waals surface area (Å²) in [5.41, 5.74) is 1.17. The molecule has 0 saturated carbocycles. The first-order chi connectivity index (χ1) is 10.1. The lowest BCUT2D eigenvalue weighted by Crippen LogP contribution is -2.34. The van der Waals surface area contributed by atoms with Gasteiger partial charge in [0, 0.05) is 19.0 Å². The van der Waals surface area contributed by atoms with Crippen LogP contribution in [0.3, 0.4) is 0 Å².